The lowest BCUT2D eigenvalue weighted by Gasteiger charge is -2.09. The third-order valence-electron chi connectivity index (χ3n) is 3.50. The van der Waals surface area contributed by atoms with Crippen LogP contribution in [0.3, 0.4) is 0 Å². The Balaban J connectivity index is 2.06. The Morgan fingerprint density at radius 1 is 1.09 bits per heavy atom. The number of aromatic nitrogens is 2. The number of benzene rings is 1. The number of thiazole rings is 1. The van der Waals surface area contributed by atoms with Gasteiger partial charge in [-0.25, -0.2) is 9.97 Å². The number of nitrogen functional groups attached to an aromatic ring is 1. The van der Waals surface area contributed by atoms with Crippen molar-refractivity contribution in [3.8, 4) is 27.1 Å². The summed E-state index contributed by atoms with van der Waals surface area (Å²) < 4.78 is 1.08. The standard InChI is InChI=1S/C17H10N4S2/c18-8-10-9-20-16(19)15(14(10)13-6-3-7-22-13)17-21-11-4-1-2-5-12(11)23-17/h1-7,9H,(H2,19,20). The molecule has 0 aliphatic rings. The van der Waals surface area contributed by atoms with Crippen molar-refractivity contribution in [2.75, 3.05) is 5.73 Å². The van der Waals surface area contributed by atoms with Crippen LogP contribution in [0.4, 0.5) is 5.82 Å². The highest BCUT2D eigenvalue weighted by molar-refractivity contribution is 7.21. The van der Waals surface area contributed by atoms with Gasteiger partial charge >= 0.3 is 0 Å². The number of nitrogens with two attached hydrogens (primary N) is 1. The molecule has 1 aromatic carbocycles. The Kier molecular flexibility index (Phi) is 3.30. The molecule has 0 amide bonds. The average Bonchev–Trinajstić information content (AvgIpc) is 3.23. The highest BCUT2D eigenvalue weighted by atomic mass is 32.1. The number of fused-ring (bicyclic) bond motifs is 1. The molecule has 3 heterocycles. The Morgan fingerprint density at radius 2 is 1.96 bits per heavy atom. The number of para-hydroxylation sites is 1. The zero-order chi connectivity index (χ0) is 15.8. The Hall–Kier alpha value is -2.75. The maximum Gasteiger partial charge on any atom is 0.134 e. The Labute approximate surface area is 140 Å². The van der Waals surface area contributed by atoms with Gasteiger partial charge in [-0.2, -0.15) is 5.26 Å². The van der Waals surface area contributed by atoms with Gasteiger partial charge in [0.15, 0.2) is 0 Å². The van der Waals surface area contributed by atoms with Gasteiger partial charge < -0.3 is 5.73 Å². The molecule has 4 aromatic rings. The van der Waals surface area contributed by atoms with Crippen LogP contribution in [0.2, 0.25) is 0 Å². The van der Waals surface area contributed by atoms with E-state index >= 15 is 0 Å². The van der Waals surface area contributed by atoms with Crippen LogP contribution in [0.1, 0.15) is 5.56 Å². The summed E-state index contributed by atoms with van der Waals surface area (Å²) >= 11 is 3.13. The normalized spacial score (nSPS) is 10.7. The van der Waals surface area contributed by atoms with E-state index < -0.39 is 0 Å². The van der Waals surface area contributed by atoms with Gasteiger partial charge in [-0.05, 0) is 23.6 Å². The molecule has 0 aliphatic heterocycles. The summed E-state index contributed by atoms with van der Waals surface area (Å²) in [4.78, 5) is 9.87. The zero-order valence-electron chi connectivity index (χ0n) is 11.9. The number of anilines is 1. The van der Waals surface area contributed by atoms with E-state index in [4.69, 9.17) is 5.73 Å². The monoisotopic (exact) mass is 334 g/mol. The smallest absolute Gasteiger partial charge is 0.134 e. The van der Waals surface area contributed by atoms with E-state index in [-0.39, 0.29) is 0 Å². The lowest BCUT2D eigenvalue weighted by molar-refractivity contribution is 1.31. The molecule has 110 valence electrons. The van der Waals surface area contributed by atoms with Gasteiger partial charge in [0.05, 0.1) is 21.3 Å². The summed E-state index contributed by atoms with van der Waals surface area (Å²) in [5, 5.41) is 12.2. The van der Waals surface area contributed by atoms with Crippen molar-refractivity contribution >= 4 is 38.7 Å². The van der Waals surface area contributed by atoms with Crippen LogP contribution in [0.25, 0.3) is 31.2 Å². The molecule has 0 unspecified atom stereocenters. The number of hydrogen-bond acceptors (Lipinski definition) is 6. The van der Waals surface area contributed by atoms with Crippen molar-refractivity contribution in [1.82, 2.24) is 9.97 Å². The van der Waals surface area contributed by atoms with Crippen molar-refractivity contribution in [2.45, 2.75) is 0 Å². The predicted octanol–water partition coefficient (Wildman–Crippen LogP) is 4.54. The van der Waals surface area contributed by atoms with Crippen molar-refractivity contribution in [1.29, 1.82) is 5.26 Å². The molecule has 4 rings (SSSR count). The minimum Gasteiger partial charge on any atom is -0.383 e. The van der Waals surface area contributed by atoms with E-state index in [0.717, 1.165) is 31.2 Å². The fourth-order valence-electron chi connectivity index (χ4n) is 2.48. The molecule has 0 aliphatic carbocycles. The van der Waals surface area contributed by atoms with Crippen LogP contribution in [0, 0.1) is 11.3 Å². The highest BCUT2D eigenvalue weighted by Crippen LogP contribution is 2.42. The first kappa shape index (κ1) is 13.9. The summed E-state index contributed by atoms with van der Waals surface area (Å²) in [6.07, 6.45) is 1.53. The average molecular weight is 334 g/mol. The minimum absolute atomic E-state index is 0.395. The van der Waals surface area contributed by atoms with E-state index in [1.165, 1.54) is 6.20 Å². The largest absolute Gasteiger partial charge is 0.383 e. The quantitative estimate of drug-likeness (QED) is 0.584. The lowest BCUT2D eigenvalue weighted by Crippen LogP contribution is -1.98. The molecule has 2 N–H and O–H groups in total. The molecule has 0 saturated carbocycles. The van der Waals surface area contributed by atoms with E-state index in [9.17, 15) is 5.26 Å². The maximum absolute atomic E-state index is 9.48. The number of nitrogens with zero attached hydrogens (tertiary/aromatic N) is 3. The van der Waals surface area contributed by atoms with Crippen LogP contribution >= 0.6 is 22.7 Å². The zero-order valence-corrected chi connectivity index (χ0v) is 13.5. The predicted molar refractivity (Wildman–Crippen MR) is 95.3 cm³/mol. The van der Waals surface area contributed by atoms with Gasteiger partial charge in [-0.15, -0.1) is 22.7 Å². The third kappa shape index (κ3) is 2.27. The van der Waals surface area contributed by atoms with Crippen molar-refractivity contribution < 1.29 is 0 Å². The molecule has 23 heavy (non-hydrogen) atoms. The molecule has 0 atom stereocenters. The van der Waals surface area contributed by atoms with Crippen LogP contribution in [0.15, 0.2) is 48.0 Å². The van der Waals surface area contributed by atoms with Gasteiger partial charge in [0, 0.05) is 16.6 Å². The summed E-state index contributed by atoms with van der Waals surface area (Å²) in [5.41, 5.74) is 9.15. The molecular formula is C17H10N4S2. The van der Waals surface area contributed by atoms with E-state index in [1.54, 1.807) is 22.7 Å². The summed E-state index contributed by atoms with van der Waals surface area (Å²) in [5.74, 6) is 0.395. The fourth-order valence-corrected chi connectivity index (χ4v) is 4.30. The number of rotatable bonds is 2. The summed E-state index contributed by atoms with van der Waals surface area (Å²) in [6.45, 7) is 0. The third-order valence-corrected chi connectivity index (χ3v) is 5.45. The molecule has 4 nitrogen and oxygen atoms in total. The molecule has 0 fully saturated rings. The first-order valence-electron chi connectivity index (χ1n) is 6.86. The number of thiophene rings is 1. The highest BCUT2D eigenvalue weighted by Gasteiger charge is 2.20. The topological polar surface area (TPSA) is 75.6 Å². The van der Waals surface area contributed by atoms with Gasteiger partial charge in [-0.1, -0.05) is 18.2 Å². The second kappa shape index (κ2) is 5.47. The van der Waals surface area contributed by atoms with Crippen LogP contribution in [-0.4, -0.2) is 9.97 Å². The first-order valence-corrected chi connectivity index (χ1v) is 8.56. The molecule has 3 aromatic heterocycles. The fraction of sp³-hybridized carbons (Fsp3) is 0. The van der Waals surface area contributed by atoms with Crippen molar-refractivity contribution in [3.05, 3.63) is 53.5 Å². The van der Waals surface area contributed by atoms with Gasteiger partial charge in [0.1, 0.15) is 16.9 Å². The summed E-state index contributed by atoms with van der Waals surface area (Å²) in [6, 6.07) is 14.1. The van der Waals surface area contributed by atoms with Crippen LogP contribution < -0.4 is 5.73 Å². The molecule has 0 saturated heterocycles. The van der Waals surface area contributed by atoms with Gasteiger partial charge in [-0.3, -0.25) is 0 Å². The second-order valence-electron chi connectivity index (χ2n) is 4.88. The molecule has 0 spiro atoms. The number of nitriles is 1. The van der Waals surface area contributed by atoms with E-state index in [2.05, 4.69) is 16.0 Å². The van der Waals surface area contributed by atoms with Crippen molar-refractivity contribution in [3.63, 3.8) is 0 Å². The molecular weight excluding hydrogens is 324 g/mol. The van der Waals surface area contributed by atoms with Gasteiger partial charge in [0.25, 0.3) is 0 Å². The second-order valence-corrected chi connectivity index (χ2v) is 6.86. The van der Waals surface area contributed by atoms with E-state index in [1.807, 2.05) is 41.8 Å². The summed E-state index contributed by atoms with van der Waals surface area (Å²) in [7, 11) is 0. The lowest BCUT2D eigenvalue weighted by atomic mass is 10.0. The number of pyridine rings is 1. The van der Waals surface area contributed by atoms with Gasteiger partial charge in [0.2, 0.25) is 0 Å². The Morgan fingerprint density at radius 3 is 2.70 bits per heavy atom. The van der Waals surface area contributed by atoms with Crippen LogP contribution in [0.5, 0.6) is 0 Å². The minimum atomic E-state index is 0.395. The number of hydrogen-bond donors (Lipinski definition) is 1. The maximum atomic E-state index is 9.48. The molecule has 0 bridgehead atoms. The van der Waals surface area contributed by atoms with Crippen molar-refractivity contribution in [2.24, 2.45) is 0 Å². The first-order chi connectivity index (χ1) is 11.3. The van der Waals surface area contributed by atoms with E-state index in [0.29, 0.717) is 11.4 Å². The van der Waals surface area contributed by atoms with Crippen LogP contribution in [-0.2, 0) is 0 Å². The molecule has 6 heteroatoms. The molecule has 0 radical (unpaired) electrons. The Bertz CT molecular complexity index is 1010. The SMILES string of the molecule is N#Cc1cnc(N)c(-c2nc3ccccc3s2)c1-c1cccs1.